The van der Waals surface area contributed by atoms with E-state index in [-0.39, 0.29) is 0 Å². The van der Waals surface area contributed by atoms with Crippen LogP contribution in [0.2, 0.25) is 0 Å². The Bertz CT molecular complexity index is 390. The molecule has 1 aromatic rings. The zero-order valence-electron chi connectivity index (χ0n) is 10.4. The van der Waals surface area contributed by atoms with Crippen molar-refractivity contribution in [3.63, 3.8) is 0 Å². The molecule has 0 radical (unpaired) electrons. The number of thiocarbonyl (C=S) groups is 1. The van der Waals surface area contributed by atoms with E-state index in [1.807, 2.05) is 0 Å². The van der Waals surface area contributed by atoms with Gasteiger partial charge in [-0.05, 0) is 36.7 Å². The van der Waals surface area contributed by atoms with Gasteiger partial charge in [0.2, 0.25) is 0 Å². The van der Waals surface area contributed by atoms with E-state index in [0.717, 1.165) is 24.6 Å². The van der Waals surface area contributed by atoms with Gasteiger partial charge in [0, 0.05) is 18.8 Å². The zero-order valence-corrected chi connectivity index (χ0v) is 11.2. The standard InChI is InChI=1S/C14H20N2S/c1-2-3-6-10-15-14(17)16-11-9-12-7-4-5-8-13(12)16/h4-5,7-8H,2-3,6,9-11H2,1H3,(H,15,17). The first-order valence-corrected chi connectivity index (χ1v) is 6.87. The Morgan fingerprint density at radius 3 is 3.00 bits per heavy atom. The molecule has 3 heteroatoms. The highest BCUT2D eigenvalue weighted by Gasteiger charge is 2.20. The smallest absolute Gasteiger partial charge is 0.173 e. The summed E-state index contributed by atoms with van der Waals surface area (Å²) < 4.78 is 0. The molecule has 0 aromatic heterocycles. The lowest BCUT2D eigenvalue weighted by atomic mass is 10.2. The van der Waals surface area contributed by atoms with Gasteiger partial charge in [-0.25, -0.2) is 0 Å². The van der Waals surface area contributed by atoms with Crippen LogP contribution in [0.25, 0.3) is 0 Å². The highest BCUT2D eigenvalue weighted by molar-refractivity contribution is 7.80. The van der Waals surface area contributed by atoms with Gasteiger partial charge in [0.1, 0.15) is 0 Å². The average molecular weight is 248 g/mol. The number of benzene rings is 1. The average Bonchev–Trinajstić information content (AvgIpc) is 2.78. The van der Waals surface area contributed by atoms with E-state index in [9.17, 15) is 0 Å². The molecule has 1 N–H and O–H groups in total. The fourth-order valence-electron chi connectivity index (χ4n) is 2.21. The lowest BCUT2D eigenvalue weighted by Gasteiger charge is -2.21. The van der Waals surface area contributed by atoms with Crippen LogP contribution >= 0.6 is 12.2 Å². The second kappa shape index (κ2) is 6.01. The highest BCUT2D eigenvalue weighted by atomic mass is 32.1. The predicted molar refractivity (Wildman–Crippen MR) is 77.6 cm³/mol. The van der Waals surface area contributed by atoms with E-state index >= 15 is 0 Å². The van der Waals surface area contributed by atoms with Gasteiger partial charge in [-0.3, -0.25) is 0 Å². The predicted octanol–water partition coefficient (Wildman–Crippen LogP) is 3.11. The fraction of sp³-hybridized carbons (Fsp3) is 0.500. The Morgan fingerprint density at radius 1 is 1.35 bits per heavy atom. The molecule has 1 aromatic carbocycles. The quantitative estimate of drug-likeness (QED) is 0.651. The number of hydrogen-bond donors (Lipinski definition) is 1. The topological polar surface area (TPSA) is 15.3 Å². The third-order valence-electron chi connectivity index (χ3n) is 3.19. The number of anilines is 1. The summed E-state index contributed by atoms with van der Waals surface area (Å²) in [5.74, 6) is 0. The molecule has 0 spiro atoms. The molecule has 0 saturated heterocycles. The van der Waals surface area contributed by atoms with Crippen LogP contribution in [0.15, 0.2) is 24.3 Å². The van der Waals surface area contributed by atoms with Crippen molar-refractivity contribution in [3.05, 3.63) is 29.8 Å². The van der Waals surface area contributed by atoms with Crippen LogP contribution < -0.4 is 10.2 Å². The van der Waals surface area contributed by atoms with Crippen molar-refractivity contribution in [1.29, 1.82) is 0 Å². The maximum absolute atomic E-state index is 5.45. The van der Waals surface area contributed by atoms with Crippen LogP contribution in [-0.4, -0.2) is 18.2 Å². The number of hydrogen-bond acceptors (Lipinski definition) is 1. The Kier molecular flexibility index (Phi) is 4.37. The van der Waals surface area contributed by atoms with Gasteiger partial charge in [0.15, 0.2) is 5.11 Å². The van der Waals surface area contributed by atoms with Gasteiger partial charge in [0.05, 0.1) is 0 Å². The number of nitrogens with zero attached hydrogens (tertiary/aromatic N) is 1. The largest absolute Gasteiger partial charge is 0.362 e. The Morgan fingerprint density at radius 2 is 2.18 bits per heavy atom. The Balaban J connectivity index is 1.89. The monoisotopic (exact) mass is 248 g/mol. The van der Waals surface area contributed by atoms with Gasteiger partial charge in [-0.15, -0.1) is 0 Å². The van der Waals surface area contributed by atoms with Gasteiger partial charge in [-0.1, -0.05) is 38.0 Å². The summed E-state index contributed by atoms with van der Waals surface area (Å²) in [5.41, 5.74) is 2.69. The number of nitrogens with one attached hydrogen (secondary N) is 1. The summed E-state index contributed by atoms with van der Waals surface area (Å²) in [6, 6.07) is 8.52. The molecule has 0 atom stereocenters. The Hall–Kier alpha value is -1.09. The fourth-order valence-corrected chi connectivity index (χ4v) is 2.51. The minimum absolute atomic E-state index is 0.881. The minimum Gasteiger partial charge on any atom is -0.362 e. The van der Waals surface area contributed by atoms with Gasteiger partial charge < -0.3 is 10.2 Å². The molecular formula is C14H20N2S. The van der Waals surface area contributed by atoms with E-state index < -0.39 is 0 Å². The third kappa shape index (κ3) is 2.97. The van der Waals surface area contributed by atoms with Crippen molar-refractivity contribution >= 4 is 23.0 Å². The molecule has 92 valence electrons. The van der Waals surface area contributed by atoms with Gasteiger partial charge in [-0.2, -0.15) is 0 Å². The van der Waals surface area contributed by atoms with Crippen LogP contribution in [0, 0.1) is 0 Å². The number of para-hydroxylation sites is 1. The number of fused-ring (bicyclic) bond motifs is 1. The molecule has 0 amide bonds. The maximum atomic E-state index is 5.45. The van der Waals surface area contributed by atoms with Crippen LogP contribution in [0.3, 0.4) is 0 Å². The normalized spacial score (nSPS) is 13.6. The summed E-state index contributed by atoms with van der Waals surface area (Å²) >= 11 is 5.45. The summed E-state index contributed by atoms with van der Waals surface area (Å²) in [5, 5.41) is 4.24. The molecule has 0 saturated carbocycles. The zero-order chi connectivity index (χ0) is 12.1. The molecule has 1 aliphatic rings. The molecular weight excluding hydrogens is 228 g/mol. The van der Waals surface area contributed by atoms with E-state index in [1.165, 1.54) is 30.5 Å². The van der Waals surface area contributed by atoms with Crippen molar-refractivity contribution in [2.75, 3.05) is 18.0 Å². The maximum Gasteiger partial charge on any atom is 0.173 e. The SMILES string of the molecule is CCCCCNC(=S)N1CCc2ccccc21. The van der Waals surface area contributed by atoms with Gasteiger partial charge in [0.25, 0.3) is 0 Å². The first-order valence-electron chi connectivity index (χ1n) is 6.46. The van der Waals surface area contributed by atoms with Crippen LogP contribution in [-0.2, 0) is 6.42 Å². The minimum atomic E-state index is 0.881. The van der Waals surface area contributed by atoms with Crippen molar-refractivity contribution in [2.45, 2.75) is 32.6 Å². The van der Waals surface area contributed by atoms with Crippen molar-refractivity contribution in [1.82, 2.24) is 5.32 Å². The molecule has 0 fully saturated rings. The molecule has 1 aliphatic heterocycles. The molecule has 2 rings (SSSR count). The van der Waals surface area contributed by atoms with Crippen LogP contribution in [0.4, 0.5) is 5.69 Å². The van der Waals surface area contributed by atoms with E-state index in [2.05, 4.69) is 41.4 Å². The first kappa shape index (κ1) is 12.4. The Labute approximate surface area is 109 Å². The third-order valence-corrected chi connectivity index (χ3v) is 3.55. The number of rotatable bonds is 4. The van der Waals surface area contributed by atoms with E-state index in [1.54, 1.807) is 0 Å². The first-order chi connectivity index (χ1) is 8.33. The molecule has 1 heterocycles. The lowest BCUT2D eigenvalue weighted by Crippen LogP contribution is -2.39. The summed E-state index contributed by atoms with van der Waals surface area (Å²) in [7, 11) is 0. The highest BCUT2D eigenvalue weighted by Crippen LogP contribution is 2.27. The van der Waals surface area contributed by atoms with Crippen molar-refractivity contribution in [2.24, 2.45) is 0 Å². The van der Waals surface area contributed by atoms with Crippen molar-refractivity contribution in [3.8, 4) is 0 Å². The molecule has 2 nitrogen and oxygen atoms in total. The van der Waals surface area contributed by atoms with Gasteiger partial charge >= 0.3 is 0 Å². The molecule has 17 heavy (non-hydrogen) atoms. The number of unbranched alkanes of at least 4 members (excludes halogenated alkanes) is 2. The van der Waals surface area contributed by atoms with Crippen molar-refractivity contribution < 1.29 is 0 Å². The lowest BCUT2D eigenvalue weighted by molar-refractivity contribution is 0.694. The summed E-state index contributed by atoms with van der Waals surface area (Å²) in [4.78, 5) is 2.22. The summed E-state index contributed by atoms with van der Waals surface area (Å²) in [6.45, 7) is 4.22. The molecule has 0 aliphatic carbocycles. The molecule has 0 bridgehead atoms. The van der Waals surface area contributed by atoms with E-state index in [0.29, 0.717) is 0 Å². The van der Waals surface area contributed by atoms with E-state index in [4.69, 9.17) is 12.2 Å². The van der Waals surface area contributed by atoms with Crippen LogP contribution in [0.5, 0.6) is 0 Å². The van der Waals surface area contributed by atoms with Crippen LogP contribution in [0.1, 0.15) is 31.7 Å². The molecule has 0 unspecified atom stereocenters. The second-order valence-electron chi connectivity index (χ2n) is 4.47. The summed E-state index contributed by atoms with van der Waals surface area (Å²) in [6.07, 6.45) is 4.83. The second-order valence-corrected chi connectivity index (χ2v) is 4.86.